The quantitative estimate of drug-likeness (QED) is 0.736. The summed E-state index contributed by atoms with van der Waals surface area (Å²) in [5.74, 6) is -0.854. The molecule has 88 valence electrons. The van der Waals surface area contributed by atoms with Crippen molar-refractivity contribution in [3.8, 4) is 0 Å². The van der Waals surface area contributed by atoms with Gasteiger partial charge in [0.25, 0.3) is 0 Å². The second-order valence-electron chi connectivity index (χ2n) is 3.82. The van der Waals surface area contributed by atoms with Crippen molar-refractivity contribution >= 4 is 5.91 Å². The van der Waals surface area contributed by atoms with Crippen molar-refractivity contribution in [2.75, 3.05) is 13.1 Å². The van der Waals surface area contributed by atoms with E-state index < -0.39 is 18.6 Å². The second-order valence-corrected chi connectivity index (χ2v) is 3.82. The molecule has 15 heavy (non-hydrogen) atoms. The van der Waals surface area contributed by atoms with Crippen molar-refractivity contribution in [3.05, 3.63) is 0 Å². The minimum atomic E-state index is -4.33. The lowest BCUT2D eigenvalue weighted by atomic mass is 9.91. The van der Waals surface area contributed by atoms with Crippen molar-refractivity contribution in [1.82, 2.24) is 10.6 Å². The maximum atomic E-state index is 11.8. The molecule has 6 heteroatoms. The van der Waals surface area contributed by atoms with E-state index in [1.165, 1.54) is 0 Å². The number of nitrogens with one attached hydrogen (secondary N) is 2. The van der Waals surface area contributed by atoms with Gasteiger partial charge in [-0.25, -0.2) is 0 Å². The van der Waals surface area contributed by atoms with E-state index in [2.05, 4.69) is 5.32 Å². The molecule has 1 rings (SSSR count). The molecule has 0 saturated carbocycles. The van der Waals surface area contributed by atoms with Crippen LogP contribution in [-0.2, 0) is 4.79 Å². The third-order valence-electron chi connectivity index (χ3n) is 2.56. The topological polar surface area (TPSA) is 41.1 Å². The third kappa shape index (κ3) is 4.07. The number of carbonyl (C=O) groups excluding carboxylic acids is 1. The molecule has 0 spiro atoms. The van der Waals surface area contributed by atoms with Crippen LogP contribution in [0.3, 0.4) is 0 Å². The van der Waals surface area contributed by atoms with Gasteiger partial charge in [0, 0.05) is 6.04 Å². The van der Waals surface area contributed by atoms with Gasteiger partial charge in [-0.2, -0.15) is 13.2 Å². The van der Waals surface area contributed by atoms with Gasteiger partial charge in [0.15, 0.2) is 0 Å². The van der Waals surface area contributed by atoms with Crippen molar-refractivity contribution in [3.63, 3.8) is 0 Å². The lowest BCUT2D eigenvalue weighted by Crippen LogP contribution is -2.48. The van der Waals surface area contributed by atoms with Gasteiger partial charge in [-0.05, 0) is 26.3 Å². The maximum Gasteiger partial charge on any atom is 0.405 e. The fourth-order valence-corrected chi connectivity index (χ4v) is 1.72. The molecule has 1 heterocycles. The average molecular weight is 224 g/mol. The van der Waals surface area contributed by atoms with E-state index in [-0.39, 0.29) is 12.0 Å². The first-order chi connectivity index (χ1) is 6.90. The van der Waals surface area contributed by atoms with Gasteiger partial charge in [-0.3, -0.25) is 4.79 Å². The van der Waals surface area contributed by atoms with Gasteiger partial charge in [-0.1, -0.05) is 0 Å². The van der Waals surface area contributed by atoms with Crippen LogP contribution in [0.1, 0.15) is 19.8 Å². The summed E-state index contributed by atoms with van der Waals surface area (Å²) in [4.78, 5) is 11.4. The SMILES string of the molecule is C[C@H]1NCCC[C@H]1C(=O)NCC(F)(F)F. The number of piperidine rings is 1. The number of amides is 1. The average Bonchev–Trinajstić information content (AvgIpc) is 2.14. The Kier molecular flexibility index (Phi) is 3.96. The van der Waals surface area contributed by atoms with Crippen LogP contribution in [0.5, 0.6) is 0 Å². The highest BCUT2D eigenvalue weighted by atomic mass is 19.4. The summed E-state index contributed by atoms with van der Waals surface area (Å²) in [7, 11) is 0. The Labute approximate surface area is 86.4 Å². The van der Waals surface area contributed by atoms with E-state index in [1.807, 2.05) is 12.2 Å². The highest BCUT2D eigenvalue weighted by molar-refractivity contribution is 5.79. The van der Waals surface area contributed by atoms with Crippen LogP contribution < -0.4 is 10.6 Å². The standard InChI is InChI=1S/C9H15F3N2O/c1-6-7(3-2-4-13-6)8(15)14-5-9(10,11)12/h6-7,13H,2-5H2,1H3,(H,14,15)/t6-,7-/m1/s1. The van der Waals surface area contributed by atoms with Crippen molar-refractivity contribution < 1.29 is 18.0 Å². The molecule has 0 radical (unpaired) electrons. The van der Waals surface area contributed by atoms with Crippen LogP contribution in [0, 0.1) is 5.92 Å². The molecule has 1 saturated heterocycles. The molecule has 1 aliphatic heterocycles. The molecule has 0 aromatic rings. The lowest BCUT2D eigenvalue weighted by Gasteiger charge is -2.28. The van der Waals surface area contributed by atoms with Gasteiger partial charge in [-0.15, -0.1) is 0 Å². The van der Waals surface area contributed by atoms with E-state index in [0.29, 0.717) is 6.42 Å². The zero-order valence-corrected chi connectivity index (χ0v) is 8.53. The summed E-state index contributed by atoms with van der Waals surface area (Å²) in [6.45, 7) is 1.40. The van der Waals surface area contributed by atoms with Crippen molar-refractivity contribution in [1.29, 1.82) is 0 Å². The zero-order valence-electron chi connectivity index (χ0n) is 8.53. The Morgan fingerprint density at radius 1 is 1.53 bits per heavy atom. The predicted octanol–water partition coefficient (Wildman–Crippen LogP) is 1.05. The first-order valence-electron chi connectivity index (χ1n) is 4.98. The number of hydrogen-bond donors (Lipinski definition) is 2. The Hall–Kier alpha value is -0.780. The second kappa shape index (κ2) is 4.83. The Morgan fingerprint density at radius 3 is 2.73 bits per heavy atom. The minimum absolute atomic E-state index is 0.0491. The molecule has 0 unspecified atom stereocenters. The van der Waals surface area contributed by atoms with Crippen LogP contribution in [0.2, 0.25) is 0 Å². The minimum Gasteiger partial charge on any atom is -0.347 e. The summed E-state index contributed by atoms with van der Waals surface area (Å²) in [6.07, 6.45) is -2.85. The highest BCUT2D eigenvalue weighted by Gasteiger charge is 2.32. The van der Waals surface area contributed by atoms with Gasteiger partial charge < -0.3 is 10.6 Å². The van der Waals surface area contributed by atoms with Gasteiger partial charge in [0.1, 0.15) is 6.54 Å². The van der Waals surface area contributed by atoms with Crippen molar-refractivity contribution in [2.45, 2.75) is 32.0 Å². The van der Waals surface area contributed by atoms with E-state index in [1.54, 1.807) is 0 Å². The van der Waals surface area contributed by atoms with Gasteiger partial charge in [0.2, 0.25) is 5.91 Å². The molecular weight excluding hydrogens is 209 g/mol. The summed E-state index contributed by atoms with van der Waals surface area (Å²) in [6, 6.07) is -0.0491. The molecule has 3 nitrogen and oxygen atoms in total. The fraction of sp³-hybridized carbons (Fsp3) is 0.889. The number of alkyl halides is 3. The van der Waals surface area contributed by atoms with E-state index in [9.17, 15) is 18.0 Å². The molecule has 1 aliphatic rings. The van der Waals surface area contributed by atoms with Crippen LogP contribution in [0.25, 0.3) is 0 Å². The summed E-state index contributed by atoms with van der Waals surface area (Å²) >= 11 is 0. The molecule has 0 bridgehead atoms. The molecular formula is C9H15F3N2O. The fourth-order valence-electron chi connectivity index (χ4n) is 1.72. The first-order valence-corrected chi connectivity index (χ1v) is 4.98. The molecule has 0 aromatic carbocycles. The summed E-state index contributed by atoms with van der Waals surface area (Å²) < 4.78 is 35.5. The molecule has 0 aliphatic carbocycles. The van der Waals surface area contributed by atoms with Crippen molar-refractivity contribution in [2.24, 2.45) is 5.92 Å². The Balaban J connectivity index is 2.39. The van der Waals surface area contributed by atoms with E-state index in [0.717, 1.165) is 13.0 Å². The lowest BCUT2D eigenvalue weighted by molar-refractivity contribution is -0.141. The molecule has 0 aromatic heterocycles. The van der Waals surface area contributed by atoms with Gasteiger partial charge in [0.05, 0.1) is 5.92 Å². The summed E-state index contributed by atoms with van der Waals surface area (Å²) in [5.41, 5.74) is 0. The monoisotopic (exact) mass is 224 g/mol. The number of carbonyl (C=O) groups is 1. The number of hydrogen-bond acceptors (Lipinski definition) is 2. The molecule has 1 fully saturated rings. The maximum absolute atomic E-state index is 11.8. The Bertz CT molecular complexity index is 230. The summed E-state index contributed by atoms with van der Waals surface area (Å²) in [5, 5.41) is 4.99. The highest BCUT2D eigenvalue weighted by Crippen LogP contribution is 2.17. The first kappa shape index (κ1) is 12.3. The third-order valence-corrected chi connectivity index (χ3v) is 2.56. The van der Waals surface area contributed by atoms with Gasteiger partial charge >= 0.3 is 6.18 Å². The van der Waals surface area contributed by atoms with E-state index >= 15 is 0 Å². The molecule has 2 atom stereocenters. The molecule has 1 amide bonds. The van der Waals surface area contributed by atoms with Crippen LogP contribution >= 0.6 is 0 Å². The smallest absolute Gasteiger partial charge is 0.347 e. The van der Waals surface area contributed by atoms with E-state index in [4.69, 9.17) is 0 Å². The Morgan fingerprint density at radius 2 is 2.20 bits per heavy atom. The number of halogens is 3. The molecule has 2 N–H and O–H groups in total. The predicted molar refractivity (Wildman–Crippen MR) is 49.3 cm³/mol. The van der Waals surface area contributed by atoms with Crippen LogP contribution in [0.4, 0.5) is 13.2 Å². The van der Waals surface area contributed by atoms with Crippen LogP contribution in [-0.4, -0.2) is 31.2 Å². The normalized spacial score (nSPS) is 27.5. The number of rotatable bonds is 2. The van der Waals surface area contributed by atoms with Crippen LogP contribution in [0.15, 0.2) is 0 Å². The zero-order chi connectivity index (χ0) is 11.5. The largest absolute Gasteiger partial charge is 0.405 e.